The van der Waals surface area contributed by atoms with Crippen molar-refractivity contribution in [2.75, 3.05) is 0 Å². The normalized spacial score (nSPS) is 10.6. The number of nitrogens with one attached hydrogen (secondary N) is 1. The van der Waals surface area contributed by atoms with Gasteiger partial charge in [-0.3, -0.25) is 5.10 Å². The number of hydrogen-bond donors (Lipinski definition) is 2. The predicted molar refractivity (Wildman–Crippen MR) is 57.5 cm³/mol. The summed E-state index contributed by atoms with van der Waals surface area (Å²) in [7, 11) is 0. The number of halogens is 1. The van der Waals surface area contributed by atoms with E-state index in [1.165, 1.54) is 6.20 Å². The van der Waals surface area contributed by atoms with Crippen molar-refractivity contribution in [3.63, 3.8) is 0 Å². The van der Waals surface area contributed by atoms with E-state index in [0.29, 0.717) is 17.9 Å². The highest BCUT2D eigenvalue weighted by molar-refractivity contribution is 6.32. The second-order valence-electron chi connectivity index (χ2n) is 3.13. The average molecular weight is 241 g/mol. The number of nitrogens with zero attached hydrogens (tertiary/aromatic N) is 3. The Hall–Kier alpha value is -1.82. The quantitative estimate of drug-likeness (QED) is 0.854. The van der Waals surface area contributed by atoms with Crippen molar-refractivity contribution in [3.8, 4) is 11.4 Å². The van der Waals surface area contributed by atoms with Crippen molar-refractivity contribution in [3.05, 3.63) is 23.2 Å². The lowest BCUT2D eigenvalue weighted by Crippen LogP contribution is -2.01. The highest BCUT2D eigenvalue weighted by Crippen LogP contribution is 2.27. The number of carboxylic acid groups (broad SMARTS) is 1. The minimum Gasteiger partial charge on any atom is -0.478 e. The van der Waals surface area contributed by atoms with Crippen LogP contribution in [0, 0.1) is 0 Å². The van der Waals surface area contributed by atoms with Gasteiger partial charge in [-0.2, -0.15) is 5.10 Å². The van der Waals surface area contributed by atoms with Crippen LogP contribution in [0.25, 0.3) is 11.4 Å². The molecular formula is C9H9ClN4O2. The van der Waals surface area contributed by atoms with E-state index in [2.05, 4.69) is 15.2 Å². The van der Waals surface area contributed by atoms with E-state index in [-0.39, 0.29) is 10.7 Å². The molecule has 0 saturated heterocycles. The van der Waals surface area contributed by atoms with E-state index in [9.17, 15) is 4.79 Å². The van der Waals surface area contributed by atoms with Crippen LogP contribution in [0.5, 0.6) is 0 Å². The minimum atomic E-state index is -1.05. The Labute approximate surface area is 95.9 Å². The van der Waals surface area contributed by atoms with Gasteiger partial charge in [-0.05, 0) is 6.92 Å². The van der Waals surface area contributed by atoms with Gasteiger partial charge < -0.3 is 9.67 Å². The van der Waals surface area contributed by atoms with E-state index in [0.717, 1.165) is 0 Å². The Morgan fingerprint density at radius 2 is 2.44 bits per heavy atom. The number of aromatic nitrogens is 4. The Bertz CT molecular complexity index is 531. The first-order valence-electron chi connectivity index (χ1n) is 4.62. The highest BCUT2D eigenvalue weighted by Gasteiger charge is 2.20. The van der Waals surface area contributed by atoms with Gasteiger partial charge in [-0.25, -0.2) is 9.78 Å². The van der Waals surface area contributed by atoms with Gasteiger partial charge in [0.15, 0.2) is 5.15 Å². The van der Waals surface area contributed by atoms with Crippen LogP contribution in [0.1, 0.15) is 17.3 Å². The lowest BCUT2D eigenvalue weighted by molar-refractivity contribution is 0.0698. The molecule has 6 nitrogen and oxygen atoms in total. The van der Waals surface area contributed by atoms with Gasteiger partial charge in [0.25, 0.3) is 0 Å². The molecule has 0 saturated carbocycles. The Kier molecular flexibility index (Phi) is 2.66. The van der Waals surface area contributed by atoms with Gasteiger partial charge in [0.2, 0.25) is 0 Å². The maximum atomic E-state index is 11.0. The number of hydrogen-bond acceptors (Lipinski definition) is 3. The molecule has 16 heavy (non-hydrogen) atoms. The van der Waals surface area contributed by atoms with Crippen molar-refractivity contribution in [1.29, 1.82) is 0 Å². The van der Waals surface area contributed by atoms with Gasteiger partial charge >= 0.3 is 5.97 Å². The fraction of sp³-hybridized carbons (Fsp3) is 0.222. The molecule has 0 fully saturated rings. The molecule has 2 heterocycles. The summed E-state index contributed by atoms with van der Waals surface area (Å²) < 4.78 is 1.75. The molecule has 0 atom stereocenters. The summed E-state index contributed by atoms with van der Waals surface area (Å²) in [5.41, 5.74) is 0.994. The van der Waals surface area contributed by atoms with E-state index in [1.807, 2.05) is 6.92 Å². The number of H-pyrrole nitrogens is 1. The maximum Gasteiger partial charge on any atom is 0.339 e. The van der Waals surface area contributed by atoms with Crippen LogP contribution in [-0.4, -0.2) is 30.8 Å². The van der Waals surface area contributed by atoms with Crippen LogP contribution in [0.2, 0.25) is 5.15 Å². The Morgan fingerprint density at radius 1 is 1.69 bits per heavy atom. The monoisotopic (exact) mass is 240 g/mol. The lowest BCUT2D eigenvalue weighted by atomic mass is 10.2. The SMILES string of the molecule is CCn1cnc(Cl)c1-c1[nH]ncc1C(=O)O. The van der Waals surface area contributed by atoms with Crippen LogP contribution in [0.3, 0.4) is 0 Å². The molecular weight excluding hydrogens is 232 g/mol. The number of aromatic carboxylic acids is 1. The van der Waals surface area contributed by atoms with Crippen molar-refractivity contribution < 1.29 is 9.90 Å². The molecule has 2 aromatic rings. The molecule has 2 aromatic heterocycles. The predicted octanol–water partition coefficient (Wildman–Crippen LogP) is 1.64. The van der Waals surface area contributed by atoms with E-state index < -0.39 is 5.97 Å². The summed E-state index contributed by atoms with van der Waals surface area (Å²) in [6.45, 7) is 2.56. The van der Waals surface area contributed by atoms with Crippen molar-refractivity contribution in [1.82, 2.24) is 19.7 Å². The summed E-state index contributed by atoms with van der Waals surface area (Å²) in [6.07, 6.45) is 2.81. The molecule has 0 radical (unpaired) electrons. The Balaban J connectivity index is 2.62. The van der Waals surface area contributed by atoms with Crippen molar-refractivity contribution >= 4 is 17.6 Å². The van der Waals surface area contributed by atoms with Crippen LogP contribution in [0.4, 0.5) is 0 Å². The molecule has 0 spiro atoms. The Morgan fingerprint density at radius 3 is 3.06 bits per heavy atom. The molecule has 2 N–H and O–H groups in total. The van der Waals surface area contributed by atoms with Crippen LogP contribution >= 0.6 is 11.6 Å². The van der Waals surface area contributed by atoms with Crippen LogP contribution in [0.15, 0.2) is 12.5 Å². The summed E-state index contributed by atoms with van der Waals surface area (Å²) in [5, 5.41) is 15.6. The molecule has 0 unspecified atom stereocenters. The van der Waals surface area contributed by atoms with Gasteiger partial charge in [0, 0.05) is 6.54 Å². The first kappa shape index (κ1) is 10.7. The molecule has 0 aliphatic rings. The summed E-state index contributed by atoms with van der Waals surface area (Å²) in [5.74, 6) is -1.05. The van der Waals surface area contributed by atoms with Gasteiger partial charge in [0.05, 0.1) is 18.2 Å². The average Bonchev–Trinajstić information content (AvgIpc) is 2.82. The van der Waals surface area contributed by atoms with E-state index in [1.54, 1.807) is 10.9 Å². The first-order valence-corrected chi connectivity index (χ1v) is 5.00. The number of imidazole rings is 1. The highest BCUT2D eigenvalue weighted by atomic mass is 35.5. The number of carboxylic acids is 1. The molecule has 7 heteroatoms. The third-order valence-corrected chi connectivity index (χ3v) is 2.52. The maximum absolute atomic E-state index is 11.0. The minimum absolute atomic E-state index is 0.0806. The molecule has 0 aliphatic heterocycles. The van der Waals surface area contributed by atoms with Gasteiger partial charge in [0.1, 0.15) is 11.3 Å². The number of aromatic amines is 1. The van der Waals surface area contributed by atoms with Gasteiger partial charge in [-0.1, -0.05) is 11.6 Å². The summed E-state index contributed by atoms with van der Waals surface area (Å²) in [4.78, 5) is 14.9. The summed E-state index contributed by atoms with van der Waals surface area (Å²) in [6, 6.07) is 0. The largest absolute Gasteiger partial charge is 0.478 e. The molecule has 0 aromatic carbocycles. The number of carbonyl (C=O) groups is 1. The third-order valence-electron chi connectivity index (χ3n) is 2.24. The van der Waals surface area contributed by atoms with Crippen molar-refractivity contribution in [2.45, 2.75) is 13.5 Å². The second kappa shape index (κ2) is 3.97. The van der Waals surface area contributed by atoms with Crippen LogP contribution in [-0.2, 0) is 6.54 Å². The number of aryl methyl sites for hydroxylation is 1. The lowest BCUT2D eigenvalue weighted by Gasteiger charge is -2.04. The van der Waals surface area contributed by atoms with E-state index in [4.69, 9.17) is 16.7 Å². The van der Waals surface area contributed by atoms with Crippen LogP contribution < -0.4 is 0 Å². The third kappa shape index (κ3) is 1.57. The standard InChI is InChI=1S/C9H9ClN4O2/c1-2-14-4-11-8(10)7(14)6-5(9(15)16)3-12-13-6/h3-4H,2H2,1H3,(H,12,13)(H,15,16). The van der Waals surface area contributed by atoms with E-state index >= 15 is 0 Å². The zero-order valence-electron chi connectivity index (χ0n) is 8.44. The number of rotatable bonds is 3. The van der Waals surface area contributed by atoms with Gasteiger partial charge in [-0.15, -0.1) is 0 Å². The first-order chi connectivity index (χ1) is 7.65. The second-order valence-corrected chi connectivity index (χ2v) is 3.49. The zero-order valence-corrected chi connectivity index (χ0v) is 9.19. The molecule has 0 amide bonds. The fourth-order valence-electron chi connectivity index (χ4n) is 1.47. The fourth-order valence-corrected chi connectivity index (χ4v) is 1.72. The van der Waals surface area contributed by atoms with Crippen molar-refractivity contribution in [2.24, 2.45) is 0 Å². The molecule has 84 valence electrons. The molecule has 0 aliphatic carbocycles. The topological polar surface area (TPSA) is 83.8 Å². The molecule has 0 bridgehead atoms. The smallest absolute Gasteiger partial charge is 0.339 e. The summed E-state index contributed by atoms with van der Waals surface area (Å²) >= 11 is 5.92. The zero-order chi connectivity index (χ0) is 11.7. The molecule has 2 rings (SSSR count).